The summed E-state index contributed by atoms with van der Waals surface area (Å²) in [4.78, 5) is 9.73. The molecule has 0 bridgehead atoms. The Morgan fingerprint density at radius 2 is 1.90 bits per heavy atom. The summed E-state index contributed by atoms with van der Waals surface area (Å²) in [5.74, 6) is 0. The van der Waals surface area contributed by atoms with Crippen LogP contribution in [0.15, 0.2) is 42.9 Å². The quantitative estimate of drug-likeness (QED) is 0.861. The highest BCUT2D eigenvalue weighted by Gasteiger charge is 2.34. The molecule has 3 nitrogen and oxygen atoms in total. The number of halogens is 3. The topological polar surface area (TPSA) is 29.0 Å². The largest absolute Gasteiger partial charge is 0.418 e. The molecule has 0 fully saturated rings. The number of nitrogens with zero attached hydrogens (tertiary/aromatic N) is 3. The lowest BCUT2D eigenvalue weighted by Gasteiger charge is -2.25. The van der Waals surface area contributed by atoms with Crippen LogP contribution in [-0.4, -0.2) is 21.9 Å². The first-order valence-electron chi connectivity index (χ1n) is 6.51. The average Bonchev–Trinajstić information content (AvgIpc) is 2.47. The van der Waals surface area contributed by atoms with E-state index in [1.807, 2.05) is 24.0 Å². The standard InChI is InChI=1S/C15H16F3N3/c1-11(12-5-3-7-19-9-12)21(2)10-14-13(15(16,17)18)6-4-8-20-14/h3-9,11H,10H2,1-2H3/t11-/m1/s1. The highest BCUT2D eigenvalue weighted by molar-refractivity contribution is 5.23. The van der Waals surface area contributed by atoms with E-state index in [0.29, 0.717) is 0 Å². The number of hydrogen-bond acceptors (Lipinski definition) is 3. The van der Waals surface area contributed by atoms with E-state index < -0.39 is 11.7 Å². The van der Waals surface area contributed by atoms with E-state index >= 15 is 0 Å². The minimum Gasteiger partial charge on any atom is -0.294 e. The zero-order valence-electron chi connectivity index (χ0n) is 11.8. The fourth-order valence-corrected chi connectivity index (χ4v) is 2.07. The van der Waals surface area contributed by atoms with Gasteiger partial charge in [-0.05, 0) is 37.7 Å². The van der Waals surface area contributed by atoms with Crippen molar-refractivity contribution >= 4 is 0 Å². The van der Waals surface area contributed by atoms with Crippen molar-refractivity contribution in [1.82, 2.24) is 14.9 Å². The highest BCUT2D eigenvalue weighted by atomic mass is 19.4. The summed E-state index contributed by atoms with van der Waals surface area (Å²) in [6.07, 6.45) is 0.371. The van der Waals surface area contributed by atoms with Crippen molar-refractivity contribution in [3.05, 3.63) is 59.7 Å². The predicted octanol–water partition coefficient (Wildman–Crippen LogP) is 3.69. The maximum Gasteiger partial charge on any atom is 0.418 e. The molecule has 112 valence electrons. The van der Waals surface area contributed by atoms with Gasteiger partial charge in [-0.2, -0.15) is 13.2 Å². The zero-order chi connectivity index (χ0) is 15.5. The minimum absolute atomic E-state index is 0.0308. The van der Waals surface area contributed by atoms with Gasteiger partial charge in [-0.15, -0.1) is 0 Å². The Kier molecular flexibility index (Phi) is 4.57. The summed E-state index contributed by atoms with van der Waals surface area (Å²) >= 11 is 0. The van der Waals surface area contributed by atoms with E-state index in [0.717, 1.165) is 11.6 Å². The zero-order valence-corrected chi connectivity index (χ0v) is 11.8. The molecule has 0 saturated carbocycles. The Balaban J connectivity index is 2.19. The van der Waals surface area contributed by atoms with Gasteiger partial charge in [-0.3, -0.25) is 14.9 Å². The molecule has 0 amide bonds. The van der Waals surface area contributed by atoms with Crippen LogP contribution in [0, 0.1) is 0 Å². The van der Waals surface area contributed by atoms with Crippen molar-refractivity contribution in [3.63, 3.8) is 0 Å². The van der Waals surface area contributed by atoms with Crippen molar-refractivity contribution in [2.45, 2.75) is 25.7 Å². The normalized spacial score (nSPS) is 13.4. The van der Waals surface area contributed by atoms with E-state index in [1.165, 1.54) is 12.3 Å². The van der Waals surface area contributed by atoms with Crippen molar-refractivity contribution in [2.24, 2.45) is 0 Å². The van der Waals surface area contributed by atoms with E-state index in [9.17, 15) is 13.2 Å². The van der Waals surface area contributed by atoms with Crippen LogP contribution in [0.2, 0.25) is 0 Å². The number of pyridine rings is 2. The van der Waals surface area contributed by atoms with Gasteiger partial charge in [0.2, 0.25) is 0 Å². The second-order valence-corrected chi connectivity index (χ2v) is 4.87. The van der Waals surface area contributed by atoms with Crippen LogP contribution >= 0.6 is 0 Å². The lowest BCUT2D eigenvalue weighted by atomic mass is 10.1. The summed E-state index contributed by atoms with van der Waals surface area (Å²) in [6.45, 7) is 2.04. The molecule has 21 heavy (non-hydrogen) atoms. The molecule has 0 radical (unpaired) electrons. The third-order valence-electron chi connectivity index (χ3n) is 3.42. The van der Waals surface area contributed by atoms with Crippen molar-refractivity contribution < 1.29 is 13.2 Å². The van der Waals surface area contributed by atoms with Gasteiger partial charge in [0, 0.05) is 31.2 Å². The van der Waals surface area contributed by atoms with Crippen LogP contribution < -0.4 is 0 Å². The van der Waals surface area contributed by atoms with Crippen molar-refractivity contribution in [3.8, 4) is 0 Å². The third kappa shape index (κ3) is 3.78. The third-order valence-corrected chi connectivity index (χ3v) is 3.42. The molecule has 0 saturated heterocycles. The summed E-state index contributed by atoms with van der Waals surface area (Å²) in [7, 11) is 1.77. The van der Waals surface area contributed by atoms with Gasteiger partial charge in [-0.1, -0.05) is 6.07 Å². The smallest absolute Gasteiger partial charge is 0.294 e. The molecular weight excluding hydrogens is 279 g/mol. The molecule has 0 N–H and O–H groups in total. The van der Waals surface area contributed by atoms with Gasteiger partial charge in [-0.25, -0.2) is 0 Å². The first kappa shape index (κ1) is 15.4. The predicted molar refractivity (Wildman–Crippen MR) is 73.4 cm³/mol. The Morgan fingerprint density at radius 1 is 1.19 bits per heavy atom. The molecule has 0 spiro atoms. The first-order valence-corrected chi connectivity index (χ1v) is 6.51. The van der Waals surface area contributed by atoms with E-state index in [2.05, 4.69) is 9.97 Å². The maximum absolute atomic E-state index is 13.0. The van der Waals surface area contributed by atoms with E-state index in [1.54, 1.807) is 19.4 Å². The fourth-order valence-electron chi connectivity index (χ4n) is 2.07. The van der Waals surface area contributed by atoms with Gasteiger partial charge in [0.15, 0.2) is 0 Å². The summed E-state index contributed by atoms with van der Waals surface area (Å²) in [6, 6.07) is 6.02. The maximum atomic E-state index is 13.0. The molecule has 0 unspecified atom stereocenters. The molecule has 2 aromatic heterocycles. The van der Waals surface area contributed by atoms with E-state index in [4.69, 9.17) is 0 Å². The Morgan fingerprint density at radius 3 is 2.52 bits per heavy atom. The molecule has 6 heteroatoms. The van der Waals surface area contributed by atoms with Gasteiger partial charge < -0.3 is 0 Å². The molecule has 0 aliphatic heterocycles. The van der Waals surface area contributed by atoms with Crippen LogP contribution in [-0.2, 0) is 12.7 Å². The first-order chi connectivity index (χ1) is 9.89. The number of alkyl halides is 3. The van der Waals surface area contributed by atoms with Crippen molar-refractivity contribution in [2.75, 3.05) is 7.05 Å². The molecular formula is C15H16F3N3. The van der Waals surface area contributed by atoms with Crippen molar-refractivity contribution in [1.29, 1.82) is 0 Å². The van der Waals surface area contributed by atoms with Crippen LogP contribution in [0.25, 0.3) is 0 Å². The molecule has 0 aliphatic carbocycles. The van der Waals surface area contributed by atoms with Crippen LogP contribution in [0.5, 0.6) is 0 Å². The van der Waals surface area contributed by atoms with Gasteiger partial charge in [0.1, 0.15) is 0 Å². The molecule has 1 atom stereocenters. The number of hydrogen-bond donors (Lipinski definition) is 0. The lowest BCUT2D eigenvalue weighted by Crippen LogP contribution is -2.24. The highest BCUT2D eigenvalue weighted by Crippen LogP contribution is 2.32. The second-order valence-electron chi connectivity index (χ2n) is 4.87. The summed E-state index contributed by atoms with van der Waals surface area (Å²) in [5.41, 5.74) is 0.294. The number of aromatic nitrogens is 2. The molecule has 0 aliphatic rings. The molecule has 2 rings (SSSR count). The molecule has 0 aromatic carbocycles. The van der Waals surface area contributed by atoms with Gasteiger partial charge in [0.05, 0.1) is 11.3 Å². The van der Waals surface area contributed by atoms with Crippen LogP contribution in [0.4, 0.5) is 13.2 Å². The fraction of sp³-hybridized carbons (Fsp3) is 0.333. The van der Waals surface area contributed by atoms with Gasteiger partial charge in [0.25, 0.3) is 0 Å². The monoisotopic (exact) mass is 295 g/mol. The summed E-state index contributed by atoms with van der Waals surface area (Å²) < 4.78 is 38.9. The molecule has 2 heterocycles. The lowest BCUT2D eigenvalue weighted by molar-refractivity contribution is -0.138. The second kappa shape index (κ2) is 6.22. The minimum atomic E-state index is -4.39. The van der Waals surface area contributed by atoms with E-state index in [-0.39, 0.29) is 18.3 Å². The number of rotatable bonds is 4. The molecule has 2 aromatic rings. The SMILES string of the molecule is C[C@H](c1cccnc1)N(C)Cc1ncccc1C(F)(F)F. The van der Waals surface area contributed by atoms with Gasteiger partial charge >= 0.3 is 6.18 Å². The van der Waals surface area contributed by atoms with Crippen LogP contribution in [0.1, 0.15) is 29.8 Å². The Bertz CT molecular complexity index is 584. The Labute approximate surface area is 121 Å². The average molecular weight is 295 g/mol. The summed E-state index contributed by atoms with van der Waals surface area (Å²) in [5, 5.41) is 0. The Hall–Kier alpha value is -1.95. The van der Waals surface area contributed by atoms with Crippen LogP contribution in [0.3, 0.4) is 0 Å².